The van der Waals surface area contributed by atoms with Crippen LogP contribution < -0.4 is 0 Å². The van der Waals surface area contributed by atoms with Crippen molar-refractivity contribution in [3.63, 3.8) is 0 Å². The van der Waals surface area contributed by atoms with E-state index in [-0.39, 0.29) is 0 Å². The number of hydrogen-bond donors (Lipinski definition) is 0. The Hall–Kier alpha value is -1.53. The van der Waals surface area contributed by atoms with Crippen LogP contribution in [0.2, 0.25) is 20.1 Å². The van der Waals surface area contributed by atoms with Crippen molar-refractivity contribution in [3.8, 4) is 0 Å². The monoisotopic (exact) mass is 531 g/mol. The molecule has 0 N–H and O–H groups in total. The van der Waals surface area contributed by atoms with Gasteiger partial charge >= 0.3 is 0 Å². The smallest absolute Gasteiger partial charge is 0.0843 e. The van der Waals surface area contributed by atoms with Crippen LogP contribution in [0.15, 0.2) is 97.1 Å². The van der Waals surface area contributed by atoms with Crippen LogP contribution in [0.25, 0.3) is 0 Å². The molecule has 4 aromatic carbocycles. The van der Waals surface area contributed by atoms with Gasteiger partial charge in [0.15, 0.2) is 0 Å². The molecule has 0 aromatic heterocycles. The molecule has 5 heteroatoms. The Labute approximate surface area is 216 Å². The Morgan fingerprint density at radius 2 is 0.515 bits per heavy atom. The van der Waals surface area contributed by atoms with E-state index in [2.05, 4.69) is 48.5 Å². The molecule has 0 saturated heterocycles. The van der Waals surface area contributed by atoms with Gasteiger partial charge in [-0.2, -0.15) is 0 Å². The Morgan fingerprint density at radius 1 is 0.333 bits per heavy atom. The maximum absolute atomic E-state index is 6.19. The molecular formula is C28H24Cl4P+. The van der Waals surface area contributed by atoms with Gasteiger partial charge in [0.2, 0.25) is 0 Å². The first kappa shape index (κ1) is 24.6. The van der Waals surface area contributed by atoms with Crippen molar-refractivity contribution in [2.24, 2.45) is 0 Å². The van der Waals surface area contributed by atoms with Crippen LogP contribution in [0, 0.1) is 0 Å². The summed E-state index contributed by atoms with van der Waals surface area (Å²) in [6, 6.07) is 33.1. The molecule has 0 fully saturated rings. The molecule has 0 aliphatic heterocycles. The van der Waals surface area contributed by atoms with Gasteiger partial charge in [0.25, 0.3) is 0 Å². The van der Waals surface area contributed by atoms with Crippen LogP contribution >= 0.6 is 53.7 Å². The Kier molecular flexibility index (Phi) is 8.39. The Morgan fingerprint density at radius 3 is 0.697 bits per heavy atom. The first-order chi connectivity index (χ1) is 15.9. The molecule has 0 heterocycles. The fourth-order valence-electron chi connectivity index (χ4n) is 4.24. The van der Waals surface area contributed by atoms with E-state index < -0.39 is 7.26 Å². The quantitative estimate of drug-likeness (QED) is 0.198. The van der Waals surface area contributed by atoms with E-state index in [1.165, 1.54) is 22.3 Å². The second kappa shape index (κ2) is 11.3. The predicted molar refractivity (Wildman–Crippen MR) is 148 cm³/mol. The highest BCUT2D eigenvalue weighted by Gasteiger charge is 2.38. The van der Waals surface area contributed by atoms with E-state index in [0.717, 1.165) is 44.7 Å². The maximum Gasteiger partial charge on any atom is 0.0852 e. The third-order valence-corrected chi connectivity index (χ3v) is 10.9. The summed E-state index contributed by atoms with van der Waals surface area (Å²) in [6.07, 6.45) is 4.05. The fourth-order valence-corrected chi connectivity index (χ4v) is 9.36. The van der Waals surface area contributed by atoms with Crippen LogP contribution in [-0.2, 0) is 24.6 Å². The van der Waals surface area contributed by atoms with E-state index in [9.17, 15) is 0 Å². The van der Waals surface area contributed by atoms with Crippen molar-refractivity contribution in [1.82, 2.24) is 0 Å². The summed E-state index contributed by atoms with van der Waals surface area (Å²) in [5, 5.41) is 3.04. The van der Waals surface area contributed by atoms with Gasteiger partial charge in [0, 0.05) is 27.4 Å². The van der Waals surface area contributed by atoms with Gasteiger partial charge in [-0.3, -0.25) is 0 Å². The van der Waals surface area contributed by atoms with Gasteiger partial charge in [-0.15, -0.1) is 0 Å². The molecule has 0 atom stereocenters. The highest BCUT2D eigenvalue weighted by atomic mass is 35.5. The molecule has 0 bridgehead atoms. The molecule has 0 radical (unpaired) electrons. The topological polar surface area (TPSA) is 0 Å². The zero-order valence-corrected chi connectivity index (χ0v) is 21.9. The van der Waals surface area contributed by atoms with Crippen LogP contribution in [0.5, 0.6) is 0 Å². The molecule has 0 aliphatic rings. The summed E-state index contributed by atoms with van der Waals surface area (Å²) in [4.78, 5) is 0. The maximum atomic E-state index is 6.19. The van der Waals surface area contributed by atoms with Gasteiger partial charge in [-0.25, -0.2) is 0 Å². The van der Waals surface area contributed by atoms with Crippen molar-refractivity contribution in [3.05, 3.63) is 139 Å². The van der Waals surface area contributed by atoms with Crippen LogP contribution in [0.4, 0.5) is 0 Å². The van der Waals surface area contributed by atoms with Crippen molar-refractivity contribution in [2.75, 3.05) is 0 Å². The summed E-state index contributed by atoms with van der Waals surface area (Å²) in [7, 11) is -1.62. The first-order valence-corrected chi connectivity index (χ1v) is 14.8. The van der Waals surface area contributed by atoms with Gasteiger partial charge in [-0.05, 0) is 70.8 Å². The third kappa shape index (κ3) is 7.22. The van der Waals surface area contributed by atoms with Crippen molar-refractivity contribution in [2.45, 2.75) is 24.6 Å². The summed E-state index contributed by atoms with van der Waals surface area (Å²) in [5.74, 6) is 0. The lowest BCUT2D eigenvalue weighted by Gasteiger charge is -2.29. The van der Waals surface area contributed by atoms with E-state index in [1.54, 1.807) is 0 Å². The molecular weight excluding hydrogens is 509 g/mol. The van der Waals surface area contributed by atoms with Gasteiger partial charge in [0.1, 0.15) is 0 Å². The number of hydrogen-bond acceptors (Lipinski definition) is 0. The zero-order chi connectivity index (χ0) is 23.3. The van der Waals surface area contributed by atoms with Crippen molar-refractivity contribution in [1.29, 1.82) is 0 Å². The molecule has 0 nitrogen and oxygen atoms in total. The average molecular weight is 533 g/mol. The average Bonchev–Trinajstić information content (AvgIpc) is 2.80. The second-order valence-electron chi connectivity index (χ2n) is 8.48. The normalized spacial score (nSPS) is 11.5. The van der Waals surface area contributed by atoms with Crippen molar-refractivity contribution < 1.29 is 0 Å². The number of benzene rings is 4. The van der Waals surface area contributed by atoms with E-state index in [0.29, 0.717) is 0 Å². The minimum atomic E-state index is -1.62. The van der Waals surface area contributed by atoms with E-state index in [4.69, 9.17) is 46.4 Å². The summed E-state index contributed by atoms with van der Waals surface area (Å²) in [5.41, 5.74) is 5.24. The highest BCUT2D eigenvalue weighted by Crippen LogP contribution is 2.68. The molecule has 0 saturated carbocycles. The molecule has 0 aliphatic carbocycles. The lowest BCUT2D eigenvalue weighted by atomic mass is 10.2. The summed E-state index contributed by atoms with van der Waals surface area (Å²) < 4.78 is 0. The minimum absolute atomic E-state index is 0.760. The zero-order valence-electron chi connectivity index (χ0n) is 18.0. The van der Waals surface area contributed by atoms with E-state index in [1.807, 2.05) is 48.5 Å². The largest absolute Gasteiger partial charge is 0.0852 e. The molecule has 4 rings (SSSR count). The molecule has 168 valence electrons. The lowest BCUT2D eigenvalue weighted by molar-refractivity contribution is 1.17. The number of halogens is 4. The number of rotatable bonds is 8. The first-order valence-electron chi connectivity index (χ1n) is 10.7. The van der Waals surface area contributed by atoms with Gasteiger partial charge in [0.05, 0.1) is 24.6 Å². The summed E-state index contributed by atoms with van der Waals surface area (Å²) in [6.45, 7) is 0. The second-order valence-corrected chi connectivity index (χ2v) is 14.2. The Balaban J connectivity index is 1.77. The summed E-state index contributed by atoms with van der Waals surface area (Å²) >= 11 is 24.8. The standard InChI is InChI=1S/C28H24Cl4P/c29-25-9-1-21(2-10-25)17-33(18-22-3-11-26(30)12-4-22,19-23-5-13-27(31)14-6-23)20-24-7-15-28(32)16-8-24/h1-16H,17-20H2/q+1. The van der Waals surface area contributed by atoms with Gasteiger partial charge in [-0.1, -0.05) is 94.9 Å². The fraction of sp³-hybridized carbons (Fsp3) is 0.143. The molecule has 0 amide bonds. The lowest BCUT2D eigenvalue weighted by Crippen LogP contribution is -2.08. The SMILES string of the molecule is Clc1ccc(C[P+](Cc2ccc(Cl)cc2)(Cc2ccc(Cl)cc2)Cc2ccc(Cl)cc2)cc1. The highest BCUT2D eigenvalue weighted by molar-refractivity contribution is 7.72. The third-order valence-electron chi connectivity index (χ3n) is 5.72. The van der Waals surface area contributed by atoms with Crippen LogP contribution in [-0.4, -0.2) is 0 Å². The van der Waals surface area contributed by atoms with Crippen LogP contribution in [0.1, 0.15) is 22.3 Å². The molecule has 0 spiro atoms. The van der Waals surface area contributed by atoms with Crippen molar-refractivity contribution >= 4 is 53.7 Å². The predicted octanol–water partition coefficient (Wildman–Crippen LogP) is 10.4. The molecule has 0 unspecified atom stereocenters. The molecule has 4 aromatic rings. The van der Waals surface area contributed by atoms with E-state index >= 15 is 0 Å². The van der Waals surface area contributed by atoms with Crippen LogP contribution in [0.3, 0.4) is 0 Å². The Bertz CT molecular complexity index is 973. The van der Waals surface area contributed by atoms with Gasteiger partial charge < -0.3 is 0 Å². The minimum Gasteiger partial charge on any atom is -0.0843 e. The molecule has 33 heavy (non-hydrogen) atoms.